The highest BCUT2D eigenvalue weighted by molar-refractivity contribution is 9.10. The molecule has 1 aliphatic heterocycles. The minimum atomic E-state index is 0.0428. The van der Waals surface area contributed by atoms with E-state index in [0.717, 1.165) is 30.4 Å². The summed E-state index contributed by atoms with van der Waals surface area (Å²) >= 11 is 3.47. The molecule has 126 valence electrons. The first-order chi connectivity index (χ1) is 11.2. The van der Waals surface area contributed by atoms with Crippen LogP contribution in [-0.2, 0) is 0 Å². The number of benzene rings is 1. The maximum absolute atomic E-state index is 12.6. The van der Waals surface area contributed by atoms with Gasteiger partial charge in [-0.05, 0) is 55.2 Å². The second-order valence-corrected chi connectivity index (χ2v) is 7.70. The molecule has 2 N–H and O–H groups in total. The van der Waals surface area contributed by atoms with Gasteiger partial charge in [-0.15, -0.1) is 0 Å². The number of likely N-dealkylation sites (tertiary alicyclic amines) is 1. The molecule has 4 nitrogen and oxygen atoms in total. The van der Waals surface area contributed by atoms with Crippen molar-refractivity contribution in [2.45, 2.75) is 38.1 Å². The van der Waals surface area contributed by atoms with E-state index < -0.39 is 0 Å². The van der Waals surface area contributed by atoms with Gasteiger partial charge in [-0.25, -0.2) is 4.79 Å². The number of halogens is 1. The standard InChI is InChI=1S/C18H25BrN2O2/c19-16-6-4-15(5-7-16)17(14-2-1-3-14)20-18(23)21-10-8-13(12-22)9-11-21/h4-7,13-14,17,22H,1-3,8-12H2,(H,20,23). The van der Waals surface area contributed by atoms with Gasteiger partial charge in [-0.3, -0.25) is 0 Å². The number of nitrogens with one attached hydrogen (secondary N) is 1. The van der Waals surface area contributed by atoms with Crippen molar-refractivity contribution in [1.29, 1.82) is 0 Å². The predicted molar refractivity (Wildman–Crippen MR) is 94.1 cm³/mol. The number of urea groups is 1. The number of piperidine rings is 1. The summed E-state index contributed by atoms with van der Waals surface area (Å²) in [5, 5.41) is 12.5. The fourth-order valence-electron chi connectivity index (χ4n) is 3.46. The van der Waals surface area contributed by atoms with Crippen molar-refractivity contribution in [2.24, 2.45) is 11.8 Å². The first kappa shape index (κ1) is 16.8. The van der Waals surface area contributed by atoms with Gasteiger partial charge in [-0.1, -0.05) is 34.5 Å². The molecule has 0 radical (unpaired) electrons. The number of amides is 2. The SMILES string of the molecule is O=C(NC(c1ccc(Br)cc1)C1CCC1)N1CCC(CO)CC1. The molecule has 23 heavy (non-hydrogen) atoms. The predicted octanol–water partition coefficient (Wildman–Crippen LogP) is 3.70. The van der Waals surface area contributed by atoms with Gasteiger partial charge >= 0.3 is 6.03 Å². The average molecular weight is 381 g/mol. The summed E-state index contributed by atoms with van der Waals surface area (Å²) < 4.78 is 1.06. The zero-order valence-electron chi connectivity index (χ0n) is 13.4. The van der Waals surface area contributed by atoms with Gasteiger partial charge < -0.3 is 15.3 Å². The van der Waals surface area contributed by atoms with E-state index in [0.29, 0.717) is 11.8 Å². The van der Waals surface area contributed by atoms with Gasteiger partial charge in [0.05, 0.1) is 6.04 Å². The number of nitrogens with zero attached hydrogens (tertiary/aromatic N) is 1. The normalized spacial score (nSPS) is 20.9. The van der Waals surface area contributed by atoms with Gasteiger partial charge in [-0.2, -0.15) is 0 Å². The molecule has 1 aromatic carbocycles. The van der Waals surface area contributed by atoms with Crippen LogP contribution in [0.2, 0.25) is 0 Å². The topological polar surface area (TPSA) is 52.6 Å². The van der Waals surface area contributed by atoms with Crippen molar-refractivity contribution in [3.05, 3.63) is 34.3 Å². The maximum atomic E-state index is 12.6. The zero-order valence-corrected chi connectivity index (χ0v) is 15.0. The van der Waals surface area contributed by atoms with Crippen LogP contribution in [0, 0.1) is 11.8 Å². The van der Waals surface area contributed by atoms with E-state index in [4.69, 9.17) is 0 Å². The molecule has 1 atom stereocenters. The molecule has 0 bridgehead atoms. The second-order valence-electron chi connectivity index (χ2n) is 6.78. The number of hydrogen-bond acceptors (Lipinski definition) is 2. The summed E-state index contributed by atoms with van der Waals surface area (Å²) in [5.41, 5.74) is 1.19. The molecule has 1 saturated heterocycles. The summed E-state index contributed by atoms with van der Waals surface area (Å²) in [6.07, 6.45) is 5.43. The Balaban J connectivity index is 1.64. The lowest BCUT2D eigenvalue weighted by Gasteiger charge is -2.37. The van der Waals surface area contributed by atoms with E-state index in [9.17, 15) is 9.90 Å². The van der Waals surface area contributed by atoms with E-state index >= 15 is 0 Å². The average Bonchev–Trinajstić information content (AvgIpc) is 2.53. The van der Waals surface area contributed by atoms with Gasteiger partial charge in [0.15, 0.2) is 0 Å². The van der Waals surface area contributed by atoms with Crippen molar-refractivity contribution < 1.29 is 9.90 Å². The molecule has 1 unspecified atom stereocenters. The molecular weight excluding hydrogens is 356 g/mol. The third kappa shape index (κ3) is 4.07. The quantitative estimate of drug-likeness (QED) is 0.836. The van der Waals surface area contributed by atoms with E-state index in [2.05, 4.69) is 33.4 Å². The Hall–Kier alpha value is -1.07. The van der Waals surface area contributed by atoms with Gasteiger partial charge in [0.1, 0.15) is 0 Å². The third-order valence-electron chi connectivity index (χ3n) is 5.29. The number of carbonyl (C=O) groups is 1. The Morgan fingerprint density at radius 3 is 2.39 bits per heavy atom. The highest BCUT2D eigenvalue weighted by atomic mass is 79.9. The van der Waals surface area contributed by atoms with Crippen LogP contribution in [0.15, 0.2) is 28.7 Å². The molecule has 5 heteroatoms. The first-order valence-corrected chi connectivity index (χ1v) is 9.38. The minimum Gasteiger partial charge on any atom is -0.396 e. The van der Waals surface area contributed by atoms with Crippen molar-refractivity contribution in [1.82, 2.24) is 10.2 Å². The Bertz CT molecular complexity index is 522. The van der Waals surface area contributed by atoms with Crippen LogP contribution < -0.4 is 5.32 Å². The number of rotatable bonds is 4. The summed E-state index contributed by atoms with van der Waals surface area (Å²) in [7, 11) is 0. The molecule has 1 saturated carbocycles. The van der Waals surface area contributed by atoms with Crippen LogP contribution in [0.1, 0.15) is 43.7 Å². The van der Waals surface area contributed by atoms with Crippen molar-refractivity contribution in [2.75, 3.05) is 19.7 Å². The molecule has 0 aromatic heterocycles. The van der Waals surface area contributed by atoms with Crippen LogP contribution in [0.3, 0.4) is 0 Å². The Morgan fingerprint density at radius 1 is 1.22 bits per heavy atom. The van der Waals surface area contributed by atoms with E-state index in [1.807, 2.05) is 17.0 Å². The van der Waals surface area contributed by atoms with Crippen LogP contribution in [-0.4, -0.2) is 35.7 Å². The van der Waals surface area contributed by atoms with Gasteiger partial charge in [0, 0.05) is 24.2 Å². The molecule has 3 rings (SSSR count). The highest BCUT2D eigenvalue weighted by Crippen LogP contribution is 2.38. The lowest BCUT2D eigenvalue weighted by Crippen LogP contribution is -2.47. The highest BCUT2D eigenvalue weighted by Gasteiger charge is 2.31. The summed E-state index contributed by atoms with van der Waals surface area (Å²) in [6, 6.07) is 8.44. The zero-order chi connectivity index (χ0) is 16.2. The minimum absolute atomic E-state index is 0.0428. The third-order valence-corrected chi connectivity index (χ3v) is 5.82. The number of hydrogen-bond donors (Lipinski definition) is 2. The van der Waals surface area contributed by atoms with Crippen LogP contribution in [0.25, 0.3) is 0 Å². The summed E-state index contributed by atoms with van der Waals surface area (Å²) in [4.78, 5) is 14.5. The monoisotopic (exact) mass is 380 g/mol. The maximum Gasteiger partial charge on any atom is 0.317 e. The molecule has 0 spiro atoms. The lowest BCUT2D eigenvalue weighted by atomic mass is 9.77. The molecule has 1 heterocycles. The number of carbonyl (C=O) groups excluding carboxylic acids is 1. The largest absolute Gasteiger partial charge is 0.396 e. The van der Waals surface area contributed by atoms with E-state index in [1.165, 1.54) is 24.8 Å². The van der Waals surface area contributed by atoms with E-state index in [1.54, 1.807) is 0 Å². The molecule has 2 amide bonds. The fraction of sp³-hybridized carbons (Fsp3) is 0.611. The summed E-state index contributed by atoms with van der Waals surface area (Å²) in [5.74, 6) is 0.906. The number of aliphatic hydroxyl groups excluding tert-OH is 1. The van der Waals surface area contributed by atoms with Gasteiger partial charge in [0.25, 0.3) is 0 Å². The van der Waals surface area contributed by atoms with Crippen molar-refractivity contribution >= 4 is 22.0 Å². The second kappa shape index (κ2) is 7.67. The Kier molecular flexibility index (Phi) is 5.59. The fourth-order valence-corrected chi connectivity index (χ4v) is 3.72. The molecular formula is C18H25BrN2O2. The number of aliphatic hydroxyl groups is 1. The Morgan fingerprint density at radius 2 is 1.87 bits per heavy atom. The molecule has 1 aromatic rings. The first-order valence-electron chi connectivity index (χ1n) is 8.59. The Labute approximate surface area is 146 Å². The van der Waals surface area contributed by atoms with Crippen molar-refractivity contribution in [3.63, 3.8) is 0 Å². The van der Waals surface area contributed by atoms with Crippen LogP contribution in [0.4, 0.5) is 4.79 Å². The van der Waals surface area contributed by atoms with Crippen LogP contribution in [0.5, 0.6) is 0 Å². The van der Waals surface area contributed by atoms with Gasteiger partial charge in [0.2, 0.25) is 0 Å². The van der Waals surface area contributed by atoms with Crippen LogP contribution >= 0.6 is 15.9 Å². The molecule has 2 fully saturated rings. The van der Waals surface area contributed by atoms with Crippen molar-refractivity contribution in [3.8, 4) is 0 Å². The smallest absolute Gasteiger partial charge is 0.317 e. The van der Waals surface area contributed by atoms with E-state index in [-0.39, 0.29) is 18.7 Å². The molecule has 2 aliphatic rings. The lowest BCUT2D eigenvalue weighted by molar-refractivity contribution is 0.130. The summed E-state index contributed by atoms with van der Waals surface area (Å²) in [6.45, 7) is 1.72. The molecule has 1 aliphatic carbocycles.